The largest absolute Gasteiger partial charge is 0.332 e. The molecule has 3 aromatic rings. The average Bonchev–Trinajstić information content (AvgIpc) is 2.84. The summed E-state index contributed by atoms with van der Waals surface area (Å²) in [6, 6.07) is 26.9. The van der Waals surface area contributed by atoms with E-state index in [9.17, 15) is 9.59 Å². The first-order valence-corrected chi connectivity index (χ1v) is 12.4. The zero-order chi connectivity index (χ0) is 26.3. The van der Waals surface area contributed by atoms with E-state index in [2.05, 4.69) is 21.3 Å². The second-order valence-electron chi connectivity index (χ2n) is 10.3. The summed E-state index contributed by atoms with van der Waals surface area (Å²) in [5.74, 6) is 0. The molecule has 0 aliphatic carbocycles. The molecule has 0 aliphatic heterocycles. The number of rotatable bonds is 8. The molecule has 190 valence electrons. The Morgan fingerprint density at radius 2 is 0.944 bits per heavy atom. The Morgan fingerprint density at radius 1 is 0.583 bits per heavy atom. The van der Waals surface area contributed by atoms with Crippen molar-refractivity contribution in [1.29, 1.82) is 0 Å². The van der Waals surface area contributed by atoms with E-state index in [0.717, 1.165) is 22.3 Å². The van der Waals surface area contributed by atoms with E-state index in [1.54, 1.807) is 0 Å². The molecule has 0 aromatic heterocycles. The maximum absolute atomic E-state index is 12.8. The van der Waals surface area contributed by atoms with Crippen LogP contribution in [0.3, 0.4) is 0 Å². The number of nitrogens with one attached hydrogen (secondary N) is 4. The molecule has 0 radical (unpaired) electrons. The monoisotopic (exact) mass is 486 g/mol. The Morgan fingerprint density at radius 3 is 1.31 bits per heavy atom. The smallest absolute Gasteiger partial charge is 0.315 e. The van der Waals surface area contributed by atoms with Crippen molar-refractivity contribution in [2.45, 2.75) is 64.7 Å². The quantitative estimate of drug-likeness (QED) is 0.302. The minimum Gasteiger partial charge on any atom is -0.332 e. The predicted octanol–water partition coefficient (Wildman–Crippen LogP) is 6.28. The lowest BCUT2D eigenvalue weighted by Crippen LogP contribution is -2.48. The molecule has 36 heavy (non-hydrogen) atoms. The Kier molecular flexibility index (Phi) is 8.41. The van der Waals surface area contributed by atoms with Crippen molar-refractivity contribution in [3.8, 4) is 0 Å². The molecule has 6 heteroatoms. The van der Waals surface area contributed by atoms with Crippen LogP contribution in [0.25, 0.3) is 0 Å². The normalized spacial score (nSPS) is 13.3. The van der Waals surface area contributed by atoms with Gasteiger partial charge in [0.2, 0.25) is 0 Å². The number of carbonyl (C=O) groups excluding carboxylic acids is 2. The van der Waals surface area contributed by atoms with Gasteiger partial charge in [0.25, 0.3) is 0 Å². The first kappa shape index (κ1) is 26.8. The highest BCUT2D eigenvalue weighted by atomic mass is 16.2. The van der Waals surface area contributed by atoms with Gasteiger partial charge in [-0.15, -0.1) is 0 Å². The number of urea groups is 2. The topological polar surface area (TPSA) is 82.3 Å². The lowest BCUT2D eigenvalue weighted by molar-refractivity contribution is 0.226. The van der Waals surface area contributed by atoms with Gasteiger partial charge < -0.3 is 21.3 Å². The first-order chi connectivity index (χ1) is 17.0. The van der Waals surface area contributed by atoms with Gasteiger partial charge in [0, 0.05) is 0 Å². The van der Waals surface area contributed by atoms with E-state index in [1.165, 1.54) is 0 Å². The summed E-state index contributed by atoms with van der Waals surface area (Å²) in [6.45, 7) is 11.8. The van der Waals surface area contributed by atoms with Crippen LogP contribution in [0.2, 0.25) is 0 Å². The van der Waals surface area contributed by atoms with Crippen LogP contribution in [-0.4, -0.2) is 12.1 Å². The van der Waals surface area contributed by atoms with Gasteiger partial charge in [-0.05, 0) is 63.8 Å². The molecule has 0 spiro atoms. The molecule has 0 saturated heterocycles. The minimum absolute atomic E-state index is 0.117. The fraction of sp³-hybridized carbons (Fsp3) is 0.333. The molecule has 0 fully saturated rings. The molecule has 3 aromatic carbocycles. The second kappa shape index (κ2) is 11.3. The molecule has 4 amide bonds. The van der Waals surface area contributed by atoms with Gasteiger partial charge in [-0.25, -0.2) is 9.59 Å². The van der Waals surface area contributed by atoms with E-state index in [0.29, 0.717) is 0 Å². The summed E-state index contributed by atoms with van der Waals surface area (Å²) < 4.78 is 0. The fourth-order valence-corrected chi connectivity index (χ4v) is 4.12. The lowest BCUT2D eigenvalue weighted by atomic mass is 9.87. The molecule has 4 N–H and O–H groups in total. The molecule has 0 heterocycles. The standard InChI is InChI=1S/C30H38N4O2/c1-21(23-14-9-7-10-15-23)31-27(35)33-29(3,4)25-18-13-19-26(20-25)30(5,6)34-28(36)32-22(2)24-16-11-8-12-17-24/h7-22H,1-6H3,(H2,31,33,35)(H2,32,34,36)/t21-,22-/m1/s1. The number of amides is 4. The third-order valence-electron chi connectivity index (χ3n) is 6.45. The van der Waals surface area contributed by atoms with Gasteiger partial charge in [0.15, 0.2) is 0 Å². The van der Waals surface area contributed by atoms with Crippen molar-refractivity contribution < 1.29 is 9.59 Å². The molecule has 6 nitrogen and oxygen atoms in total. The lowest BCUT2D eigenvalue weighted by Gasteiger charge is -2.32. The Balaban J connectivity index is 1.65. The fourth-order valence-electron chi connectivity index (χ4n) is 4.12. The summed E-state index contributed by atoms with van der Waals surface area (Å²) in [4.78, 5) is 25.6. The van der Waals surface area contributed by atoms with Crippen LogP contribution in [0.1, 0.15) is 75.9 Å². The summed E-state index contributed by atoms with van der Waals surface area (Å²) >= 11 is 0. The SMILES string of the molecule is C[C@@H](NC(=O)NC(C)(C)c1cccc(C(C)(C)NC(=O)N[C@H](C)c2ccccc2)c1)c1ccccc1. The van der Waals surface area contributed by atoms with Crippen molar-refractivity contribution in [1.82, 2.24) is 21.3 Å². The van der Waals surface area contributed by atoms with Crippen molar-refractivity contribution in [3.05, 3.63) is 107 Å². The van der Waals surface area contributed by atoms with Crippen LogP contribution in [-0.2, 0) is 11.1 Å². The average molecular weight is 487 g/mol. The van der Waals surface area contributed by atoms with Crippen LogP contribution in [0.15, 0.2) is 84.9 Å². The Bertz CT molecular complexity index is 1070. The van der Waals surface area contributed by atoms with Crippen LogP contribution < -0.4 is 21.3 Å². The van der Waals surface area contributed by atoms with Gasteiger partial charge >= 0.3 is 12.1 Å². The second-order valence-corrected chi connectivity index (χ2v) is 10.3. The summed E-state index contributed by atoms with van der Waals surface area (Å²) in [5.41, 5.74) is 2.71. The summed E-state index contributed by atoms with van der Waals surface area (Å²) in [7, 11) is 0. The summed E-state index contributed by atoms with van der Waals surface area (Å²) in [6.07, 6.45) is 0. The number of hydrogen-bond donors (Lipinski definition) is 4. The predicted molar refractivity (Wildman–Crippen MR) is 146 cm³/mol. The van der Waals surface area contributed by atoms with E-state index < -0.39 is 11.1 Å². The molecule has 0 unspecified atom stereocenters. The molecule has 0 saturated carbocycles. The van der Waals surface area contributed by atoms with Crippen LogP contribution in [0.4, 0.5) is 9.59 Å². The van der Waals surface area contributed by atoms with Crippen molar-refractivity contribution >= 4 is 12.1 Å². The van der Waals surface area contributed by atoms with E-state index in [-0.39, 0.29) is 24.1 Å². The van der Waals surface area contributed by atoms with Gasteiger partial charge in [0.05, 0.1) is 23.2 Å². The molecular formula is C30H38N4O2. The van der Waals surface area contributed by atoms with Gasteiger partial charge in [-0.2, -0.15) is 0 Å². The zero-order valence-electron chi connectivity index (χ0n) is 22.1. The van der Waals surface area contributed by atoms with Crippen molar-refractivity contribution in [2.75, 3.05) is 0 Å². The van der Waals surface area contributed by atoms with Crippen LogP contribution in [0.5, 0.6) is 0 Å². The molecule has 2 atom stereocenters. The van der Waals surface area contributed by atoms with Gasteiger partial charge in [-0.1, -0.05) is 84.9 Å². The summed E-state index contributed by atoms with van der Waals surface area (Å²) in [5, 5.41) is 12.2. The molecule has 3 rings (SSSR count). The third-order valence-corrected chi connectivity index (χ3v) is 6.45. The van der Waals surface area contributed by atoms with Gasteiger partial charge in [0.1, 0.15) is 0 Å². The Hall–Kier alpha value is -3.80. The molecule has 0 bridgehead atoms. The molecular weight excluding hydrogens is 448 g/mol. The Labute approximate surface area is 214 Å². The van der Waals surface area contributed by atoms with Crippen molar-refractivity contribution in [3.63, 3.8) is 0 Å². The maximum Gasteiger partial charge on any atom is 0.315 e. The highest BCUT2D eigenvalue weighted by Gasteiger charge is 2.28. The maximum atomic E-state index is 12.8. The third kappa shape index (κ3) is 7.11. The van der Waals surface area contributed by atoms with Gasteiger partial charge in [-0.3, -0.25) is 0 Å². The first-order valence-electron chi connectivity index (χ1n) is 12.4. The highest BCUT2D eigenvalue weighted by Crippen LogP contribution is 2.27. The van der Waals surface area contributed by atoms with Crippen LogP contribution in [0, 0.1) is 0 Å². The number of carbonyl (C=O) groups is 2. The van der Waals surface area contributed by atoms with E-state index in [1.807, 2.05) is 126 Å². The minimum atomic E-state index is -0.628. The zero-order valence-corrected chi connectivity index (χ0v) is 22.1. The van der Waals surface area contributed by atoms with E-state index in [4.69, 9.17) is 0 Å². The number of benzene rings is 3. The van der Waals surface area contributed by atoms with Crippen LogP contribution >= 0.6 is 0 Å². The number of hydrogen-bond acceptors (Lipinski definition) is 2. The highest BCUT2D eigenvalue weighted by molar-refractivity contribution is 5.76. The van der Waals surface area contributed by atoms with Crippen molar-refractivity contribution in [2.24, 2.45) is 0 Å². The molecule has 0 aliphatic rings. The van der Waals surface area contributed by atoms with E-state index >= 15 is 0 Å².